The van der Waals surface area contributed by atoms with Crippen LogP contribution in [0.3, 0.4) is 0 Å². The van der Waals surface area contributed by atoms with Gasteiger partial charge in [-0.05, 0) is 37.6 Å². The molecule has 1 aromatic carbocycles. The van der Waals surface area contributed by atoms with E-state index in [0.717, 1.165) is 16.9 Å². The number of fused-ring (bicyclic) bond motifs is 1. The van der Waals surface area contributed by atoms with Crippen LogP contribution >= 0.6 is 0 Å². The van der Waals surface area contributed by atoms with Crippen molar-refractivity contribution in [2.75, 3.05) is 17.3 Å². The van der Waals surface area contributed by atoms with E-state index in [1.54, 1.807) is 24.1 Å². The SMILES string of the molecule is CN1C(=O)C(C)(C)c2cc(NC=C(C#N)C#N)ccc21. The van der Waals surface area contributed by atoms with Crippen molar-refractivity contribution in [2.24, 2.45) is 0 Å². The van der Waals surface area contributed by atoms with Gasteiger partial charge in [0.05, 0.1) is 5.41 Å². The van der Waals surface area contributed by atoms with Crippen LogP contribution in [0.1, 0.15) is 19.4 Å². The van der Waals surface area contributed by atoms with E-state index in [0.29, 0.717) is 0 Å². The lowest BCUT2D eigenvalue weighted by Gasteiger charge is -2.16. The van der Waals surface area contributed by atoms with E-state index < -0.39 is 5.41 Å². The second-order valence-corrected chi connectivity index (χ2v) is 5.15. The summed E-state index contributed by atoms with van der Waals surface area (Å²) >= 11 is 0. The monoisotopic (exact) mass is 266 g/mol. The Morgan fingerprint density at radius 2 is 2.00 bits per heavy atom. The van der Waals surface area contributed by atoms with Crippen LogP contribution < -0.4 is 10.2 Å². The summed E-state index contributed by atoms with van der Waals surface area (Å²) in [4.78, 5) is 13.8. The maximum Gasteiger partial charge on any atom is 0.236 e. The molecule has 0 saturated carbocycles. The smallest absolute Gasteiger partial charge is 0.236 e. The number of rotatable bonds is 2. The second-order valence-electron chi connectivity index (χ2n) is 5.15. The van der Waals surface area contributed by atoms with Gasteiger partial charge in [0.25, 0.3) is 0 Å². The van der Waals surface area contributed by atoms with Crippen molar-refractivity contribution in [1.29, 1.82) is 10.5 Å². The molecular weight excluding hydrogens is 252 g/mol. The third-order valence-corrected chi connectivity index (χ3v) is 3.49. The molecule has 0 atom stereocenters. The lowest BCUT2D eigenvalue weighted by atomic mass is 9.86. The van der Waals surface area contributed by atoms with Crippen molar-refractivity contribution in [3.8, 4) is 12.1 Å². The number of hydrogen-bond donors (Lipinski definition) is 1. The summed E-state index contributed by atoms with van der Waals surface area (Å²) in [7, 11) is 1.76. The number of anilines is 2. The number of nitrogens with one attached hydrogen (secondary N) is 1. The van der Waals surface area contributed by atoms with Crippen LogP contribution in [0.25, 0.3) is 0 Å². The standard InChI is InChI=1S/C15H14N4O/c1-15(2)12-6-11(18-9-10(7-16)8-17)4-5-13(12)19(3)14(15)20/h4-6,9,18H,1-3H3. The molecule has 0 saturated heterocycles. The minimum Gasteiger partial charge on any atom is -0.360 e. The lowest BCUT2D eigenvalue weighted by Crippen LogP contribution is -2.33. The van der Waals surface area contributed by atoms with Crippen molar-refractivity contribution in [3.05, 3.63) is 35.5 Å². The quantitative estimate of drug-likeness (QED) is 0.833. The van der Waals surface area contributed by atoms with Crippen molar-refractivity contribution < 1.29 is 4.79 Å². The van der Waals surface area contributed by atoms with Gasteiger partial charge < -0.3 is 10.2 Å². The van der Waals surface area contributed by atoms with E-state index in [2.05, 4.69) is 5.32 Å². The number of allylic oxidation sites excluding steroid dienone is 1. The van der Waals surface area contributed by atoms with Crippen molar-refractivity contribution in [3.63, 3.8) is 0 Å². The topological polar surface area (TPSA) is 79.9 Å². The Kier molecular flexibility index (Phi) is 3.21. The van der Waals surface area contributed by atoms with Gasteiger partial charge in [0, 0.05) is 24.6 Å². The minimum absolute atomic E-state index is 0.00190. The molecule has 0 radical (unpaired) electrons. The van der Waals surface area contributed by atoms with E-state index in [1.807, 2.05) is 32.0 Å². The van der Waals surface area contributed by atoms with Crippen LogP contribution in [0.5, 0.6) is 0 Å². The highest BCUT2D eigenvalue weighted by molar-refractivity contribution is 6.07. The lowest BCUT2D eigenvalue weighted by molar-refractivity contribution is -0.121. The Hall–Kier alpha value is -2.79. The highest BCUT2D eigenvalue weighted by Gasteiger charge is 2.42. The second kappa shape index (κ2) is 4.71. The van der Waals surface area contributed by atoms with Gasteiger partial charge in [0.1, 0.15) is 17.7 Å². The average Bonchev–Trinajstić information content (AvgIpc) is 2.61. The summed E-state index contributed by atoms with van der Waals surface area (Å²) in [5.41, 5.74) is 1.98. The van der Waals surface area contributed by atoms with Gasteiger partial charge in [-0.1, -0.05) is 0 Å². The molecule has 0 bridgehead atoms. The predicted molar refractivity (Wildman–Crippen MR) is 75.8 cm³/mol. The number of likely N-dealkylation sites (N-methyl/N-ethyl adjacent to an activating group) is 1. The highest BCUT2D eigenvalue weighted by Crippen LogP contribution is 2.41. The van der Waals surface area contributed by atoms with Crippen molar-refractivity contribution >= 4 is 17.3 Å². The van der Waals surface area contributed by atoms with Gasteiger partial charge in [0.2, 0.25) is 5.91 Å². The van der Waals surface area contributed by atoms with Crippen LogP contribution in [0.4, 0.5) is 11.4 Å². The molecule has 1 N–H and O–H groups in total. The molecule has 1 aliphatic rings. The van der Waals surface area contributed by atoms with Crippen LogP contribution in [0.2, 0.25) is 0 Å². The van der Waals surface area contributed by atoms with E-state index in [1.165, 1.54) is 6.20 Å². The van der Waals surface area contributed by atoms with Crippen molar-refractivity contribution in [2.45, 2.75) is 19.3 Å². The van der Waals surface area contributed by atoms with Crippen LogP contribution in [0.15, 0.2) is 30.0 Å². The first-order valence-corrected chi connectivity index (χ1v) is 6.11. The van der Waals surface area contributed by atoms with Gasteiger partial charge in [0.15, 0.2) is 0 Å². The maximum absolute atomic E-state index is 12.2. The van der Waals surface area contributed by atoms with Crippen LogP contribution in [0, 0.1) is 22.7 Å². The Labute approximate surface area is 117 Å². The largest absolute Gasteiger partial charge is 0.360 e. The first kappa shape index (κ1) is 13.6. The molecule has 0 unspecified atom stereocenters. The number of hydrogen-bond acceptors (Lipinski definition) is 4. The summed E-state index contributed by atoms with van der Waals surface area (Å²) in [5.74, 6) is 0.0509. The first-order chi connectivity index (χ1) is 9.41. The Balaban J connectivity index is 2.38. The molecule has 20 heavy (non-hydrogen) atoms. The summed E-state index contributed by atoms with van der Waals surface area (Å²) in [6.45, 7) is 3.76. The molecule has 0 fully saturated rings. The average molecular weight is 266 g/mol. The van der Waals surface area contributed by atoms with Gasteiger partial charge in [-0.2, -0.15) is 10.5 Å². The number of benzene rings is 1. The van der Waals surface area contributed by atoms with E-state index in [-0.39, 0.29) is 11.5 Å². The minimum atomic E-state index is -0.571. The van der Waals surface area contributed by atoms with E-state index in [9.17, 15) is 4.79 Å². The Morgan fingerprint density at radius 3 is 2.60 bits per heavy atom. The molecule has 5 heteroatoms. The predicted octanol–water partition coefficient (Wildman–Crippen LogP) is 2.28. The Morgan fingerprint density at radius 1 is 1.35 bits per heavy atom. The summed E-state index contributed by atoms with van der Waals surface area (Å²) in [6.07, 6.45) is 1.36. The third kappa shape index (κ3) is 2.00. The molecule has 0 aliphatic carbocycles. The summed E-state index contributed by atoms with van der Waals surface area (Å²) in [6, 6.07) is 9.10. The van der Waals surface area contributed by atoms with Crippen molar-refractivity contribution in [1.82, 2.24) is 0 Å². The van der Waals surface area contributed by atoms with Gasteiger partial charge in [-0.3, -0.25) is 4.79 Å². The fourth-order valence-corrected chi connectivity index (χ4v) is 2.31. The van der Waals surface area contributed by atoms with Crippen LogP contribution in [-0.4, -0.2) is 13.0 Å². The fraction of sp³-hybridized carbons (Fsp3) is 0.267. The molecule has 1 amide bonds. The van der Waals surface area contributed by atoms with Gasteiger partial charge in [-0.25, -0.2) is 0 Å². The fourth-order valence-electron chi connectivity index (χ4n) is 2.31. The molecule has 0 spiro atoms. The molecule has 1 heterocycles. The summed E-state index contributed by atoms with van der Waals surface area (Å²) < 4.78 is 0. The number of nitrogens with zero attached hydrogens (tertiary/aromatic N) is 3. The number of carbonyl (C=O) groups is 1. The maximum atomic E-state index is 12.2. The van der Waals surface area contributed by atoms with E-state index in [4.69, 9.17) is 10.5 Å². The molecule has 100 valence electrons. The molecule has 1 aliphatic heterocycles. The zero-order valence-electron chi connectivity index (χ0n) is 11.6. The number of nitriles is 2. The van der Waals surface area contributed by atoms with Gasteiger partial charge >= 0.3 is 0 Å². The van der Waals surface area contributed by atoms with Gasteiger partial charge in [-0.15, -0.1) is 0 Å². The summed E-state index contributed by atoms with van der Waals surface area (Å²) in [5, 5.41) is 20.3. The normalized spacial score (nSPS) is 15.1. The van der Waals surface area contributed by atoms with Crippen LogP contribution in [-0.2, 0) is 10.2 Å². The third-order valence-electron chi connectivity index (χ3n) is 3.49. The first-order valence-electron chi connectivity index (χ1n) is 6.11. The molecule has 5 nitrogen and oxygen atoms in total. The molecule has 2 rings (SSSR count). The Bertz CT molecular complexity index is 673. The molecule has 0 aromatic heterocycles. The highest BCUT2D eigenvalue weighted by atomic mass is 16.2. The zero-order valence-corrected chi connectivity index (χ0v) is 11.6. The molecule has 1 aromatic rings. The van der Waals surface area contributed by atoms with E-state index >= 15 is 0 Å². The number of amides is 1. The number of carbonyl (C=O) groups excluding carboxylic acids is 1. The molecular formula is C15H14N4O. The zero-order chi connectivity index (χ0) is 14.9.